The zero-order valence-electron chi connectivity index (χ0n) is 10.6. The normalized spacial score (nSPS) is 22.3. The minimum Gasteiger partial charge on any atom is -0.391 e. The fraction of sp³-hybridized carbons (Fsp3) is 0.500. The summed E-state index contributed by atoms with van der Waals surface area (Å²) < 4.78 is 0. The summed E-state index contributed by atoms with van der Waals surface area (Å²) in [5.41, 5.74) is -0.662. The van der Waals surface area contributed by atoms with Gasteiger partial charge in [-0.1, -0.05) is 24.4 Å². The highest BCUT2D eigenvalue weighted by molar-refractivity contribution is 6.32. The van der Waals surface area contributed by atoms with E-state index >= 15 is 0 Å². The van der Waals surface area contributed by atoms with Gasteiger partial charge in [0, 0.05) is 6.20 Å². The number of nitrogens with one attached hydrogen (secondary N) is 1. The molecule has 2 atom stereocenters. The van der Waals surface area contributed by atoms with Gasteiger partial charge < -0.3 is 10.4 Å². The van der Waals surface area contributed by atoms with Gasteiger partial charge in [0.05, 0.1) is 17.1 Å². The van der Waals surface area contributed by atoms with Gasteiger partial charge in [-0.3, -0.25) is 14.9 Å². The number of nitrogens with zero attached hydrogens (tertiary/aromatic N) is 2. The van der Waals surface area contributed by atoms with Crippen LogP contribution in [0.15, 0.2) is 12.3 Å². The number of halogens is 1. The van der Waals surface area contributed by atoms with Gasteiger partial charge in [-0.05, 0) is 18.9 Å². The third-order valence-electron chi connectivity index (χ3n) is 3.35. The lowest BCUT2D eigenvalue weighted by molar-refractivity contribution is -0.385. The molecule has 1 aliphatic carbocycles. The van der Waals surface area contributed by atoms with Gasteiger partial charge in [0.15, 0.2) is 0 Å². The topological polar surface area (TPSA) is 105 Å². The van der Waals surface area contributed by atoms with E-state index in [1.165, 1.54) is 12.3 Å². The molecule has 1 aromatic rings. The SMILES string of the molecule is O=C(NC1CCCCC1O)c1ccnc(Cl)c1[N+](=O)[O-]. The van der Waals surface area contributed by atoms with Gasteiger partial charge in [-0.15, -0.1) is 0 Å². The Bertz CT molecular complexity index is 537. The summed E-state index contributed by atoms with van der Waals surface area (Å²) >= 11 is 5.66. The third kappa shape index (κ3) is 3.05. The predicted octanol–water partition coefficient (Wildman–Crippen LogP) is 1.68. The average molecular weight is 300 g/mol. The monoisotopic (exact) mass is 299 g/mol. The lowest BCUT2D eigenvalue weighted by Crippen LogP contribution is -2.45. The number of hydrogen-bond acceptors (Lipinski definition) is 5. The lowest BCUT2D eigenvalue weighted by atomic mass is 9.92. The van der Waals surface area contributed by atoms with Crippen molar-refractivity contribution in [3.63, 3.8) is 0 Å². The van der Waals surface area contributed by atoms with Gasteiger partial charge in [0.2, 0.25) is 5.15 Å². The Hall–Kier alpha value is -1.73. The van der Waals surface area contributed by atoms with Crippen LogP contribution < -0.4 is 5.32 Å². The fourth-order valence-corrected chi connectivity index (χ4v) is 2.54. The standard InChI is InChI=1S/C12H14ClN3O4/c13-11-10(16(19)20)7(5-6-14-11)12(18)15-8-3-1-2-4-9(8)17/h5-6,8-9,17H,1-4H2,(H,15,18). The summed E-state index contributed by atoms with van der Waals surface area (Å²) in [6.07, 6.45) is 3.70. The van der Waals surface area contributed by atoms with Crippen molar-refractivity contribution in [3.8, 4) is 0 Å². The van der Waals surface area contributed by atoms with Crippen LogP contribution in [0.3, 0.4) is 0 Å². The van der Waals surface area contributed by atoms with E-state index in [1.54, 1.807) is 0 Å². The summed E-state index contributed by atoms with van der Waals surface area (Å²) in [7, 11) is 0. The van der Waals surface area contributed by atoms with Crippen LogP contribution in [0.5, 0.6) is 0 Å². The van der Waals surface area contributed by atoms with Gasteiger partial charge in [0.25, 0.3) is 5.91 Å². The number of aromatic nitrogens is 1. The number of carbonyl (C=O) groups excluding carboxylic acids is 1. The molecule has 1 saturated carbocycles. The average Bonchev–Trinajstić information content (AvgIpc) is 2.40. The van der Waals surface area contributed by atoms with Gasteiger partial charge in [0.1, 0.15) is 5.56 Å². The minimum absolute atomic E-state index is 0.146. The van der Waals surface area contributed by atoms with E-state index in [0.29, 0.717) is 12.8 Å². The van der Waals surface area contributed by atoms with Crippen LogP contribution in [0.2, 0.25) is 5.15 Å². The Balaban J connectivity index is 2.21. The molecular weight excluding hydrogens is 286 g/mol. The molecule has 0 bridgehead atoms. The first-order valence-corrected chi connectivity index (χ1v) is 6.66. The highest BCUT2D eigenvalue weighted by Gasteiger charge is 2.29. The molecule has 1 aliphatic rings. The van der Waals surface area contributed by atoms with Crippen molar-refractivity contribution < 1.29 is 14.8 Å². The zero-order valence-corrected chi connectivity index (χ0v) is 11.3. The first-order valence-electron chi connectivity index (χ1n) is 6.28. The van der Waals surface area contributed by atoms with E-state index in [2.05, 4.69) is 10.3 Å². The van der Waals surface area contributed by atoms with Crippen LogP contribution in [-0.4, -0.2) is 33.1 Å². The molecule has 8 heteroatoms. The van der Waals surface area contributed by atoms with Gasteiger partial charge in [-0.2, -0.15) is 0 Å². The molecule has 1 aromatic heterocycles. The smallest absolute Gasteiger partial charge is 0.319 e. The second-order valence-electron chi connectivity index (χ2n) is 4.69. The number of hydrogen-bond donors (Lipinski definition) is 2. The zero-order chi connectivity index (χ0) is 14.7. The number of aliphatic hydroxyl groups is 1. The van der Waals surface area contributed by atoms with Crippen molar-refractivity contribution in [3.05, 3.63) is 33.1 Å². The van der Waals surface area contributed by atoms with E-state index in [0.717, 1.165) is 12.8 Å². The molecule has 1 amide bonds. The van der Waals surface area contributed by atoms with Crippen molar-refractivity contribution in [2.75, 3.05) is 0 Å². The number of nitro groups is 1. The van der Waals surface area contributed by atoms with Crippen LogP contribution in [0, 0.1) is 10.1 Å². The largest absolute Gasteiger partial charge is 0.391 e. The summed E-state index contributed by atoms with van der Waals surface area (Å²) in [5, 5.41) is 23.1. The van der Waals surface area contributed by atoms with Crippen molar-refractivity contribution >= 4 is 23.2 Å². The molecule has 108 valence electrons. The molecule has 0 saturated heterocycles. The maximum Gasteiger partial charge on any atom is 0.319 e. The summed E-state index contributed by atoms with van der Waals surface area (Å²) in [6, 6.07) is 0.858. The Morgan fingerprint density at radius 3 is 2.85 bits per heavy atom. The molecule has 1 heterocycles. The maximum absolute atomic E-state index is 12.1. The summed E-state index contributed by atoms with van der Waals surface area (Å²) in [6.45, 7) is 0. The molecular formula is C12H14ClN3O4. The van der Waals surface area contributed by atoms with Crippen molar-refractivity contribution in [2.45, 2.75) is 37.8 Å². The molecule has 0 spiro atoms. The van der Waals surface area contributed by atoms with Crippen molar-refractivity contribution in [2.24, 2.45) is 0 Å². The number of aliphatic hydroxyl groups excluding tert-OH is 1. The van der Waals surface area contributed by atoms with Crippen LogP contribution in [0.4, 0.5) is 5.69 Å². The number of rotatable bonds is 3. The molecule has 20 heavy (non-hydrogen) atoms. The molecule has 2 N–H and O–H groups in total. The molecule has 7 nitrogen and oxygen atoms in total. The second-order valence-corrected chi connectivity index (χ2v) is 5.04. The van der Waals surface area contributed by atoms with Crippen molar-refractivity contribution in [1.29, 1.82) is 0 Å². The molecule has 0 aliphatic heterocycles. The molecule has 1 fully saturated rings. The molecule has 0 radical (unpaired) electrons. The number of amides is 1. The van der Waals surface area contributed by atoms with E-state index < -0.39 is 22.6 Å². The van der Waals surface area contributed by atoms with Crippen LogP contribution in [0.25, 0.3) is 0 Å². The molecule has 2 rings (SSSR count). The maximum atomic E-state index is 12.1. The van der Waals surface area contributed by atoms with Crippen LogP contribution >= 0.6 is 11.6 Å². The Morgan fingerprint density at radius 2 is 2.20 bits per heavy atom. The highest BCUT2D eigenvalue weighted by Crippen LogP contribution is 2.26. The number of pyridine rings is 1. The summed E-state index contributed by atoms with van der Waals surface area (Å²) in [5.74, 6) is -0.619. The van der Waals surface area contributed by atoms with E-state index in [1.807, 2.05) is 0 Å². The lowest BCUT2D eigenvalue weighted by Gasteiger charge is -2.28. The third-order valence-corrected chi connectivity index (χ3v) is 3.63. The highest BCUT2D eigenvalue weighted by atomic mass is 35.5. The number of carbonyl (C=O) groups is 1. The Labute approximate surface area is 120 Å². The summed E-state index contributed by atoms with van der Waals surface area (Å²) in [4.78, 5) is 25.9. The van der Waals surface area contributed by atoms with Crippen molar-refractivity contribution in [1.82, 2.24) is 10.3 Å². The second kappa shape index (κ2) is 6.15. The molecule has 2 unspecified atom stereocenters. The van der Waals surface area contributed by atoms with Gasteiger partial charge in [-0.25, -0.2) is 4.98 Å². The van der Waals surface area contributed by atoms with Crippen LogP contribution in [0.1, 0.15) is 36.0 Å². The Morgan fingerprint density at radius 1 is 1.50 bits per heavy atom. The predicted molar refractivity (Wildman–Crippen MR) is 71.6 cm³/mol. The first-order chi connectivity index (χ1) is 9.50. The first kappa shape index (κ1) is 14.7. The Kier molecular flexibility index (Phi) is 4.51. The van der Waals surface area contributed by atoms with E-state index in [9.17, 15) is 20.0 Å². The fourth-order valence-electron chi connectivity index (χ4n) is 2.31. The van der Waals surface area contributed by atoms with Gasteiger partial charge >= 0.3 is 5.69 Å². The van der Waals surface area contributed by atoms with E-state index in [4.69, 9.17) is 11.6 Å². The quantitative estimate of drug-likeness (QED) is 0.502. The molecule has 0 aromatic carbocycles. The van der Waals surface area contributed by atoms with E-state index in [-0.39, 0.29) is 16.8 Å². The minimum atomic E-state index is -0.735. The van der Waals surface area contributed by atoms with Crippen LogP contribution in [-0.2, 0) is 0 Å².